The molecule has 2 fully saturated rings. The van der Waals surface area contributed by atoms with Gasteiger partial charge in [0.25, 0.3) is 0 Å². The maximum Gasteiger partial charge on any atom is 0.225 e. The molecule has 1 heterocycles. The van der Waals surface area contributed by atoms with Crippen molar-refractivity contribution in [3.63, 3.8) is 0 Å². The topological polar surface area (TPSA) is 32.3 Å². The standard InChI is InChI=1S/C16H21FN2O/c17-14-5-1-12(2-6-14)11-18-15-7-9-19(10-8-15)16(20)13-3-4-13/h1-2,5-6,13,15,18H,3-4,7-11H2. The molecule has 0 bridgehead atoms. The number of carbonyl (C=O) groups is 1. The van der Waals surface area contributed by atoms with E-state index in [9.17, 15) is 9.18 Å². The Hall–Kier alpha value is -1.42. The van der Waals surface area contributed by atoms with Crippen LogP contribution >= 0.6 is 0 Å². The lowest BCUT2D eigenvalue weighted by Crippen LogP contribution is -2.45. The average Bonchev–Trinajstić information content (AvgIpc) is 3.31. The van der Waals surface area contributed by atoms with Gasteiger partial charge in [-0.05, 0) is 43.4 Å². The van der Waals surface area contributed by atoms with Gasteiger partial charge >= 0.3 is 0 Å². The molecule has 0 radical (unpaired) electrons. The third-order valence-electron chi connectivity index (χ3n) is 4.24. The van der Waals surface area contributed by atoms with Crippen molar-refractivity contribution in [3.8, 4) is 0 Å². The highest BCUT2D eigenvalue weighted by atomic mass is 19.1. The molecule has 1 aromatic carbocycles. The van der Waals surface area contributed by atoms with Crippen LogP contribution in [0.4, 0.5) is 4.39 Å². The molecule has 0 atom stereocenters. The van der Waals surface area contributed by atoms with Crippen LogP contribution in [-0.2, 0) is 11.3 Å². The van der Waals surface area contributed by atoms with E-state index in [0.29, 0.717) is 17.9 Å². The SMILES string of the molecule is O=C(C1CC1)N1CCC(NCc2ccc(F)cc2)CC1. The average molecular weight is 276 g/mol. The Bertz CT molecular complexity index is 462. The molecule has 1 aliphatic carbocycles. The molecule has 20 heavy (non-hydrogen) atoms. The van der Waals surface area contributed by atoms with Crippen LogP contribution in [0.15, 0.2) is 24.3 Å². The van der Waals surface area contributed by atoms with Gasteiger partial charge in [-0.25, -0.2) is 4.39 Å². The van der Waals surface area contributed by atoms with Crippen LogP contribution in [0.1, 0.15) is 31.2 Å². The van der Waals surface area contributed by atoms with E-state index in [1.165, 1.54) is 12.1 Å². The first-order chi connectivity index (χ1) is 9.72. The van der Waals surface area contributed by atoms with Crippen LogP contribution in [0.5, 0.6) is 0 Å². The van der Waals surface area contributed by atoms with Crippen LogP contribution < -0.4 is 5.32 Å². The second kappa shape index (κ2) is 5.92. The van der Waals surface area contributed by atoms with Crippen molar-refractivity contribution in [1.82, 2.24) is 10.2 Å². The van der Waals surface area contributed by atoms with Crippen LogP contribution in [0.3, 0.4) is 0 Å². The first kappa shape index (κ1) is 13.6. The summed E-state index contributed by atoms with van der Waals surface area (Å²) in [6.45, 7) is 2.51. The fraction of sp³-hybridized carbons (Fsp3) is 0.562. The van der Waals surface area contributed by atoms with Gasteiger partial charge in [-0.2, -0.15) is 0 Å². The van der Waals surface area contributed by atoms with Gasteiger partial charge in [0, 0.05) is 31.6 Å². The minimum absolute atomic E-state index is 0.194. The molecule has 1 N–H and O–H groups in total. The van der Waals surface area contributed by atoms with Gasteiger partial charge < -0.3 is 10.2 Å². The lowest BCUT2D eigenvalue weighted by atomic mass is 10.0. The summed E-state index contributed by atoms with van der Waals surface area (Å²) in [5.41, 5.74) is 1.10. The zero-order chi connectivity index (χ0) is 13.9. The van der Waals surface area contributed by atoms with Crippen molar-refractivity contribution in [2.75, 3.05) is 13.1 Å². The largest absolute Gasteiger partial charge is 0.342 e. The Morgan fingerprint density at radius 3 is 2.40 bits per heavy atom. The molecular formula is C16H21FN2O. The summed E-state index contributed by atoms with van der Waals surface area (Å²) >= 11 is 0. The van der Waals surface area contributed by atoms with Crippen molar-refractivity contribution in [2.24, 2.45) is 5.92 Å². The molecule has 3 rings (SSSR count). The van der Waals surface area contributed by atoms with E-state index >= 15 is 0 Å². The van der Waals surface area contributed by atoms with E-state index < -0.39 is 0 Å². The normalized spacial score (nSPS) is 20.1. The van der Waals surface area contributed by atoms with Crippen LogP contribution in [-0.4, -0.2) is 29.9 Å². The third-order valence-corrected chi connectivity index (χ3v) is 4.24. The molecule has 0 aromatic heterocycles. The minimum atomic E-state index is -0.194. The van der Waals surface area contributed by atoms with Gasteiger partial charge in [-0.1, -0.05) is 12.1 Å². The van der Waals surface area contributed by atoms with E-state index in [0.717, 1.165) is 50.9 Å². The highest BCUT2D eigenvalue weighted by Crippen LogP contribution is 2.31. The molecule has 108 valence electrons. The molecule has 4 heteroatoms. The van der Waals surface area contributed by atoms with Crippen molar-refractivity contribution in [3.05, 3.63) is 35.6 Å². The summed E-state index contributed by atoms with van der Waals surface area (Å²) in [5.74, 6) is 0.501. The molecule has 2 aliphatic rings. The number of nitrogens with zero attached hydrogens (tertiary/aromatic N) is 1. The number of halogens is 1. The predicted octanol–water partition coefficient (Wildman–Crippen LogP) is 2.32. The monoisotopic (exact) mass is 276 g/mol. The Morgan fingerprint density at radius 2 is 1.80 bits per heavy atom. The highest BCUT2D eigenvalue weighted by Gasteiger charge is 2.34. The first-order valence-electron chi connectivity index (χ1n) is 7.49. The lowest BCUT2D eigenvalue weighted by Gasteiger charge is -2.32. The molecule has 0 spiro atoms. The Morgan fingerprint density at radius 1 is 1.15 bits per heavy atom. The molecule has 1 saturated heterocycles. The minimum Gasteiger partial charge on any atom is -0.342 e. The number of benzene rings is 1. The van der Waals surface area contributed by atoms with Gasteiger partial charge in [0.15, 0.2) is 0 Å². The Labute approximate surface area is 119 Å². The maximum atomic E-state index is 12.8. The van der Waals surface area contributed by atoms with Gasteiger partial charge in [-0.15, -0.1) is 0 Å². The second-order valence-corrected chi connectivity index (χ2v) is 5.88. The summed E-state index contributed by atoms with van der Waals surface area (Å²) in [4.78, 5) is 14.0. The van der Waals surface area contributed by atoms with E-state index in [4.69, 9.17) is 0 Å². The number of hydrogen-bond donors (Lipinski definition) is 1. The Balaban J connectivity index is 1.42. The number of hydrogen-bond acceptors (Lipinski definition) is 2. The summed E-state index contributed by atoms with van der Waals surface area (Å²) in [7, 11) is 0. The van der Waals surface area contributed by atoms with Crippen molar-refractivity contribution in [2.45, 2.75) is 38.3 Å². The smallest absolute Gasteiger partial charge is 0.225 e. The summed E-state index contributed by atoms with van der Waals surface area (Å²) in [5, 5.41) is 3.50. The molecule has 0 unspecified atom stereocenters. The van der Waals surface area contributed by atoms with Crippen LogP contribution in [0, 0.1) is 11.7 Å². The molecular weight excluding hydrogens is 255 g/mol. The maximum absolute atomic E-state index is 12.8. The second-order valence-electron chi connectivity index (χ2n) is 5.88. The summed E-state index contributed by atoms with van der Waals surface area (Å²) < 4.78 is 12.8. The molecule has 1 aromatic rings. The van der Waals surface area contributed by atoms with E-state index in [2.05, 4.69) is 5.32 Å². The third kappa shape index (κ3) is 3.37. The zero-order valence-corrected chi connectivity index (χ0v) is 11.6. The van der Waals surface area contributed by atoms with Gasteiger partial charge in [0.05, 0.1) is 0 Å². The lowest BCUT2D eigenvalue weighted by molar-refractivity contribution is -0.133. The van der Waals surface area contributed by atoms with Gasteiger partial charge in [-0.3, -0.25) is 4.79 Å². The Kier molecular flexibility index (Phi) is 4.01. The van der Waals surface area contributed by atoms with E-state index in [1.54, 1.807) is 0 Å². The number of amides is 1. The number of nitrogens with one attached hydrogen (secondary N) is 1. The van der Waals surface area contributed by atoms with Crippen molar-refractivity contribution < 1.29 is 9.18 Å². The number of carbonyl (C=O) groups excluding carboxylic acids is 1. The highest BCUT2D eigenvalue weighted by molar-refractivity contribution is 5.81. The van der Waals surface area contributed by atoms with E-state index in [-0.39, 0.29) is 5.82 Å². The fourth-order valence-electron chi connectivity index (χ4n) is 2.76. The van der Waals surface area contributed by atoms with Crippen molar-refractivity contribution >= 4 is 5.91 Å². The number of piperidine rings is 1. The summed E-state index contributed by atoms with van der Waals surface area (Å²) in [6, 6.07) is 7.08. The predicted molar refractivity (Wildman–Crippen MR) is 75.6 cm³/mol. The van der Waals surface area contributed by atoms with E-state index in [1.807, 2.05) is 17.0 Å². The molecule has 1 aliphatic heterocycles. The quantitative estimate of drug-likeness (QED) is 0.915. The fourth-order valence-corrected chi connectivity index (χ4v) is 2.76. The molecule has 1 amide bonds. The van der Waals surface area contributed by atoms with Gasteiger partial charge in [0.2, 0.25) is 5.91 Å². The number of likely N-dealkylation sites (tertiary alicyclic amines) is 1. The van der Waals surface area contributed by atoms with Gasteiger partial charge in [0.1, 0.15) is 5.82 Å². The first-order valence-corrected chi connectivity index (χ1v) is 7.49. The molecule has 1 saturated carbocycles. The molecule has 3 nitrogen and oxygen atoms in total. The van der Waals surface area contributed by atoms with Crippen LogP contribution in [0.2, 0.25) is 0 Å². The summed E-state index contributed by atoms with van der Waals surface area (Å²) in [6.07, 6.45) is 4.20. The number of rotatable bonds is 4. The van der Waals surface area contributed by atoms with Crippen LogP contribution in [0.25, 0.3) is 0 Å². The van der Waals surface area contributed by atoms with Crippen molar-refractivity contribution in [1.29, 1.82) is 0 Å². The zero-order valence-electron chi connectivity index (χ0n) is 11.6.